The molecule has 0 saturated carbocycles. The van der Waals surface area contributed by atoms with Crippen LogP contribution in [0.3, 0.4) is 0 Å². The third kappa shape index (κ3) is 3.53. The van der Waals surface area contributed by atoms with E-state index in [0.717, 1.165) is 54.7 Å². The maximum Gasteiger partial charge on any atom is 0.118 e. The molecular weight excluding hydrogens is 320 g/mol. The summed E-state index contributed by atoms with van der Waals surface area (Å²) in [5.41, 5.74) is 2.08. The van der Waals surface area contributed by atoms with E-state index < -0.39 is 0 Å². The first-order valence-corrected chi connectivity index (χ1v) is 9.55. The Morgan fingerprint density at radius 1 is 1.29 bits per heavy atom. The SMILES string of the molecule is Cc1cccc(CO[C@@H]2CSC3(C2)CN(Cc2ccc(C)o2)C3)n1. The summed E-state index contributed by atoms with van der Waals surface area (Å²) < 4.78 is 12.2. The molecule has 2 aliphatic heterocycles. The fraction of sp³-hybridized carbons (Fsp3) is 0.526. The van der Waals surface area contributed by atoms with Gasteiger partial charge in [-0.05, 0) is 44.5 Å². The van der Waals surface area contributed by atoms with Crippen molar-refractivity contribution in [3.8, 4) is 0 Å². The molecule has 2 saturated heterocycles. The number of aromatic nitrogens is 1. The molecule has 2 aliphatic rings. The number of hydrogen-bond donors (Lipinski definition) is 0. The average Bonchev–Trinajstić information content (AvgIpc) is 3.12. The van der Waals surface area contributed by atoms with Crippen molar-refractivity contribution >= 4 is 11.8 Å². The molecule has 0 unspecified atom stereocenters. The lowest BCUT2D eigenvalue weighted by atomic mass is 9.93. The zero-order chi connectivity index (χ0) is 16.6. The zero-order valence-corrected chi connectivity index (χ0v) is 15.1. The van der Waals surface area contributed by atoms with Crippen LogP contribution in [0.25, 0.3) is 0 Å². The molecule has 4 nitrogen and oxygen atoms in total. The largest absolute Gasteiger partial charge is 0.465 e. The number of nitrogens with zero attached hydrogens (tertiary/aromatic N) is 2. The second kappa shape index (κ2) is 6.54. The van der Waals surface area contributed by atoms with Crippen LogP contribution in [0.2, 0.25) is 0 Å². The number of likely N-dealkylation sites (tertiary alicyclic amines) is 1. The molecule has 1 spiro atoms. The normalized spacial score (nSPS) is 22.8. The van der Waals surface area contributed by atoms with E-state index in [1.165, 1.54) is 0 Å². The van der Waals surface area contributed by atoms with E-state index in [0.29, 0.717) is 17.5 Å². The Bertz CT molecular complexity index is 709. The summed E-state index contributed by atoms with van der Waals surface area (Å²) in [6.07, 6.45) is 1.50. The van der Waals surface area contributed by atoms with Gasteiger partial charge in [0.05, 0.1) is 24.9 Å². The Morgan fingerprint density at radius 3 is 2.92 bits per heavy atom. The lowest BCUT2D eigenvalue weighted by molar-refractivity contribution is 0.0236. The lowest BCUT2D eigenvalue weighted by Crippen LogP contribution is -2.58. The summed E-state index contributed by atoms with van der Waals surface area (Å²) in [6.45, 7) is 7.85. The number of thioether (sulfide) groups is 1. The summed E-state index contributed by atoms with van der Waals surface area (Å²) >= 11 is 2.08. The standard InChI is InChI=1S/C19H24N2O2S/c1-14-4-3-5-16(20-14)10-22-18-8-19(24-11-18)12-21(13-19)9-17-7-6-15(2)23-17/h3-7,18H,8-13H2,1-2H3/t18-/m0/s1. The highest BCUT2D eigenvalue weighted by Crippen LogP contribution is 2.46. The number of furan rings is 1. The van der Waals surface area contributed by atoms with Gasteiger partial charge in [-0.25, -0.2) is 0 Å². The van der Waals surface area contributed by atoms with Crippen molar-refractivity contribution in [3.63, 3.8) is 0 Å². The van der Waals surface area contributed by atoms with Crippen molar-refractivity contribution in [3.05, 3.63) is 53.2 Å². The number of ether oxygens (including phenoxy) is 1. The summed E-state index contributed by atoms with van der Waals surface area (Å²) in [7, 11) is 0. The molecule has 0 aliphatic carbocycles. The maximum atomic E-state index is 6.11. The second-order valence-corrected chi connectivity index (χ2v) is 8.55. The minimum absolute atomic E-state index is 0.352. The first-order chi connectivity index (χ1) is 11.6. The summed E-state index contributed by atoms with van der Waals surface area (Å²) in [5, 5.41) is 0. The summed E-state index contributed by atoms with van der Waals surface area (Å²) in [4.78, 5) is 6.98. The predicted molar refractivity (Wildman–Crippen MR) is 96.1 cm³/mol. The third-order valence-electron chi connectivity index (χ3n) is 4.79. The van der Waals surface area contributed by atoms with E-state index in [4.69, 9.17) is 9.15 Å². The van der Waals surface area contributed by atoms with Crippen LogP contribution in [0.1, 0.15) is 29.3 Å². The predicted octanol–water partition coefficient (Wildman–Crippen LogP) is 3.57. The van der Waals surface area contributed by atoms with Crippen molar-refractivity contribution in [2.24, 2.45) is 0 Å². The fourth-order valence-electron chi connectivity index (χ4n) is 3.68. The molecule has 0 N–H and O–H groups in total. The molecule has 128 valence electrons. The number of rotatable bonds is 5. The quantitative estimate of drug-likeness (QED) is 0.829. The Hall–Kier alpha value is -1.30. The van der Waals surface area contributed by atoms with Crippen LogP contribution in [0.15, 0.2) is 34.7 Å². The zero-order valence-electron chi connectivity index (χ0n) is 14.3. The minimum atomic E-state index is 0.352. The Labute approximate surface area is 147 Å². The molecule has 0 amide bonds. The van der Waals surface area contributed by atoms with E-state index in [1.54, 1.807) is 0 Å². The van der Waals surface area contributed by atoms with Gasteiger partial charge in [0.1, 0.15) is 11.5 Å². The topological polar surface area (TPSA) is 38.5 Å². The molecule has 4 rings (SSSR count). The Kier molecular flexibility index (Phi) is 4.41. The van der Waals surface area contributed by atoms with Crippen molar-refractivity contribution in [2.75, 3.05) is 18.8 Å². The highest BCUT2D eigenvalue weighted by atomic mass is 32.2. The van der Waals surface area contributed by atoms with Crippen LogP contribution in [0.4, 0.5) is 0 Å². The van der Waals surface area contributed by atoms with E-state index in [1.807, 2.05) is 38.1 Å². The van der Waals surface area contributed by atoms with Gasteiger partial charge in [0.15, 0.2) is 0 Å². The molecule has 2 fully saturated rings. The van der Waals surface area contributed by atoms with Gasteiger partial charge in [0.25, 0.3) is 0 Å². The molecule has 24 heavy (non-hydrogen) atoms. The number of hydrogen-bond acceptors (Lipinski definition) is 5. The van der Waals surface area contributed by atoms with Crippen LogP contribution in [0.5, 0.6) is 0 Å². The van der Waals surface area contributed by atoms with Crippen molar-refractivity contribution in [1.29, 1.82) is 0 Å². The Morgan fingerprint density at radius 2 is 2.17 bits per heavy atom. The van der Waals surface area contributed by atoms with Gasteiger partial charge in [0.2, 0.25) is 0 Å². The van der Waals surface area contributed by atoms with Gasteiger partial charge in [-0.2, -0.15) is 0 Å². The van der Waals surface area contributed by atoms with Crippen LogP contribution >= 0.6 is 11.8 Å². The molecule has 1 atom stereocenters. The average molecular weight is 344 g/mol. The molecule has 0 radical (unpaired) electrons. The van der Waals surface area contributed by atoms with Crippen LogP contribution < -0.4 is 0 Å². The maximum absolute atomic E-state index is 6.11. The molecule has 2 aromatic heterocycles. The Balaban J connectivity index is 1.24. The van der Waals surface area contributed by atoms with Crippen LogP contribution in [-0.4, -0.2) is 39.6 Å². The third-order valence-corrected chi connectivity index (χ3v) is 6.36. The van der Waals surface area contributed by atoms with E-state index in [9.17, 15) is 0 Å². The summed E-state index contributed by atoms with van der Waals surface area (Å²) in [5.74, 6) is 3.16. The van der Waals surface area contributed by atoms with E-state index in [-0.39, 0.29) is 0 Å². The van der Waals surface area contributed by atoms with Crippen molar-refractivity contribution in [1.82, 2.24) is 9.88 Å². The molecule has 0 bridgehead atoms. The minimum Gasteiger partial charge on any atom is -0.465 e. The van der Waals surface area contributed by atoms with Crippen LogP contribution in [0, 0.1) is 13.8 Å². The highest BCUT2D eigenvalue weighted by Gasteiger charge is 2.49. The molecule has 5 heteroatoms. The van der Waals surface area contributed by atoms with Gasteiger partial charge in [-0.1, -0.05) is 6.07 Å². The number of pyridine rings is 1. The lowest BCUT2D eigenvalue weighted by Gasteiger charge is -2.47. The summed E-state index contributed by atoms with van der Waals surface area (Å²) in [6, 6.07) is 10.2. The molecule has 0 aromatic carbocycles. The highest BCUT2D eigenvalue weighted by molar-refractivity contribution is 8.01. The van der Waals surface area contributed by atoms with Crippen molar-refractivity contribution < 1.29 is 9.15 Å². The molecule has 4 heterocycles. The fourth-order valence-corrected chi connectivity index (χ4v) is 5.29. The van der Waals surface area contributed by atoms with Gasteiger partial charge >= 0.3 is 0 Å². The van der Waals surface area contributed by atoms with Crippen LogP contribution in [-0.2, 0) is 17.9 Å². The smallest absolute Gasteiger partial charge is 0.118 e. The molecule has 2 aromatic rings. The monoisotopic (exact) mass is 344 g/mol. The molecular formula is C19H24N2O2S. The van der Waals surface area contributed by atoms with E-state index >= 15 is 0 Å². The number of aryl methyl sites for hydroxylation is 2. The first kappa shape index (κ1) is 16.2. The van der Waals surface area contributed by atoms with Gasteiger partial charge < -0.3 is 9.15 Å². The first-order valence-electron chi connectivity index (χ1n) is 8.56. The second-order valence-electron chi connectivity index (χ2n) is 7.06. The van der Waals surface area contributed by atoms with Gasteiger partial charge in [-0.15, -0.1) is 11.8 Å². The van der Waals surface area contributed by atoms with Crippen molar-refractivity contribution in [2.45, 2.75) is 44.3 Å². The van der Waals surface area contributed by atoms with Gasteiger partial charge in [-0.3, -0.25) is 9.88 Å². The van der Waals surface area contributed by atoms with Gasteiger partial charge in [0, 0.05) is 29.3 Å². The van der Waals surface area contributed by atoms with E-state index in [2.05, 4.69) is 27.7 Å².